The smallest absolute Gasteiger partial charge is 0.278 e. The Morgan fingerprint density at radius 2 is 1.88 bits per heavy atom. The number of nitrogens with zero attached hydrogens (tertiary/aromatic N) is 4. The minimum atomic E-state index is -0.215. The van der Waals surface area contributed by atoms with E-state index < -0.39 is 0 Å². The van der Waals surface area contributed by atoms with E-state index in [-0.39, 0.29) is 11.2 Å². The van der Waals surface area contributed by atoms with Gasteiger partial charge in [0.05, 0.1) is 24.1 Å². The molecule has 2 aromatic carbocycles. The number of fused-ring (bicyclic) bond motifs is 1. The molecule has 0 atom stereocenters. The predicted molar refractivity (Wildman–Crippen MR) is 127 cm³/mol. The van der Waals surface area contributed by atoms with Crippen molar-refractivity contribution in [3.8, 4) is 17.1 Å². The molecule has 1 aromatic heterocycles. The average molecular weight is 459 g/mol. The standard InChI is InChI=1S/C25H19ClN4O3/c1-29-22(10-16-6-3-2-4-7-16)24-27-21(14-20-8-5-9-33-20)25(31)30(24)15-23(29)17-11-18(26)13-19(12-17)28-32/h2-9,11-13,15H,10,14H2,1H3. The maximum absolute atomic E-state index is 13.3. The molecule has 8 heteroatoms. The van der Waals surface area contributed by atoms with E-state index in [1.807, 2.05) is 48.0 Å². The van der Waals surface area contributed by atoms with Gasteiger partial charge in [-0.15, -0.1) is 4.91 Å². The van der Waals surface area contributed by atoms with Gasteiger partial charge in [-0.25, -0.2) is 4.98 Å². The molecule has 3 aromatic rings. The molecule has 7 nitrogen and oxygen atoms in total. The second-order valence-electron chi connectivity index (χ2n) is 7.79. The molecule has 5 rings (SSSR count). The number of furan rings is 1. The van der Waals surface area contributed by atoms with Crippen LogP contribution in [0, 0.1) is 4.91 Å². The van der Waals surface area contributed by atoms with Crippen molar-refractivity contribution in [1.29, 1.82) is 0 Å². The summed E-state index contributed by atoms with van der Waals surface area (Å²) in [5.74, 6) is 1.24. The van der Waals surface area contributed by atoms with E-state index >= 15 is 0 Å². The number of aromatic nitrogens is 3. The highest BCUT2D eigenvalue weighted by Gasteiger charge is 2.23. The van der Waals surface area contributed by atoms with Crippen LogP contribution in [0.15, 0.2) is 87.5 Å². The molecule has 164 valence electrons. The number of hydrogen-bond donors (Lipinski definition) is 0. The van der Waals surface area contributed by atoms with E-state index in [9.17, 15) is 9.70 Å². The van der Waals surface area contributed by atoms with Crippen LogP contribution in [0.25, 0.3) is 17.1 Å². The summed E-state index contributed by atoms with van der Waals surface area (Å²) in [6, 6.07) is 18.5. The lowest BCUT2D eigenvalue weighted by molar-refractivity contribution is 0.519. The van der Waals surface area contributed by atoms with Crippen LogP contribution < -0.4 is 5.56 Å². The molecule has 0 radical (unpaired) electrons. The Kier molecular flexibility index (Phi) is 5.40. The van der Waals surface area contributed by atoms with Gasteiger partial charge >= 0.3 is 0 Å². The molecule has 0 unspecified atom stereocenters. The summed E-state index contributed by atoms with van der Waals surface area (Å²) in [6.45, 7) is 0. The predicted octanol–water partition coefficient (Wildman–Crippen LogP) is 5.50. The third-order valence-corrected chi connectivity index (χ3v) is 5.85. The topological polar surface area (TPSA) is 82.4 Å². The Labute approximate surface area is 194 Å². The highest BCUT2D eigenvalue weighted by molar-refractivity contribution is 6.31. The van der Waals surface area contributed by atoms with E-state index in [4.69, 9.17) is 21.0 Å². The lowest BCUT2D eigenvalue weighted by Crippen LogP contribution is -2.20. The molecule has 0 bridgehead atoms. The molecule has 0 fully saturated rings. The molecular formula is C25H19ClN4O3. The van der Waals surface area contributed by atoms with Crippen LogP contribution in [0.3, 0.4) is 0 Å². The van der Waals surface area contributed by atoms with Crippen molar-refractivity contribution < 1.29 is 4.42 Å². The van der Waals surface area contributed by atoms with Crippen molar-refractivity contribution in [3.05, 3.63) is 116 Å². The average Bonchev–Trinajstić information content (AvgIpc) is 3.44. The Balaban J connectivity index is 1.74. The van der Waals surface area contributed by atoms with Gasteiger partial charge in [0.2, 0.25) is 0 Å². The zero-order valence-corrected chi connectivity index (χ0v) is 18.5. The highest BCUT2D eigenvalue weighted by Crippen LogP contribution is 2.31. The van der Waals surface area contributed by atoms with Gasteiger partial charge in [-0.05, 0) is 41.1 Å². The quantitative estimate of drug-likeness (QED) is 0.314. The van der Waals surface area contributed by atoms with Gasteiger partial charge in [-0.1, -0.05) is 41.9 Å². The van der Waals surface area contributed by atoms with Gasteiger partial charge in [0.15, 0.2) is 5.82 Å². The Morgan fingerprint density at radius 1 is 1.06 bits per heavy atom. The number of benzene rings is 2. The third kappa shape index (κ3) is 3.99. The lowest BCUT2D eigenvalue weighted by Gasteiger charge is -2.20. The molecule has 0 N–H and O–H groups in total. The third-order valence-electron chi connectivity index (χ3n) is 5.63. The molecule has 2 aliphatic heterocycles. The molecular weight excluding hydrogens is 440 g/mol. The molecule has 0 saturated carbocycles. The monoisotopic (exact) mass is 458 g/mol. The maximum atomic E-state index is 13.3. The second-order valence-corrected chi connectivity index (χ2v) is 8.22. The number of halogens is 1. The second kappa shape index (κ2) is 8.52. The Bertz CT molecular complexity index is 1470. The summed E-state index contributed by atoms with van der Waals surface area (Å²) in [5.41, 5.74) is 3.72. The first-order valence-corrected chi connectivity index (χ1v) is 10.7. The maximum Gasteiger partial charge on any atom is 0.278 e. The van der Waals surface area contributed by atoms with E-state index in [0.29, 0.717) is 46.4 Å². The van der Waals surface area contributed by atoms with Crippen LogP contribution in [0.4, 0.5) is 5.69 Å². The first-order chi connectivity index (χ1) is 16.0. The largest absolute Gasteiger partial charge is 0.469 e. The van der Waals surface area contributed by atoms with Gasteiger partial charge in [0.25, 0.3) is 5.56 Å². The normalized spacial score (nSPS) is 11.2. The van der Waals surface area contributed by atoms with Crippen molar-refractivity contribution in [1.82, 2.24) is 14.1 Å². The van der Waals surface area contributed by atoms with Gasteiger partial charge in [0, 0.05) is 30.3 Å². The van der Waals surface area contributed by atoms with Crippen LogP contribution in [0.1, 0.15) is 22.7 Å². The van der Waals surface area contributed by atoms with Crippen LogP contribution >= 0.6 is 11.6 Å². The van der Waals surface area contributed by atoms with Gasteiger partial charge in [0.1, 0.15) is 17.1 Å². The van der Waals surface area contributed by atoms with Gasteiger partial charge in [-0.2, -0.15) is 0 Å². The van der Waals surface area contributed by atoms with Crippen LogP contribution in [0.2, 0.25) is 5.02 Å². The lowest BCUT2D eigenvalue weighted by atomic mass is 10.1. The number of hydrogen-bond acceptors (Lipinski definition) is 5. The first-order valence-electron chi connectivity index (χ1n) is 10.3. The number of imidazole rings is 1. The summed E-state index contributed by atoms with van der Waals surface area (Å²) in [5, 5.41) is 3.42. The molecule has 0 amide bonds. The SMILES string of the molecule is Cn1c(-c2cc(Cl)cc(N=O)c2)cn2c(=O)c(Cc3ccco3)nc-2c1Cc1ccccc1. The molecule has 0 aliphatic carbocycles. The highest BCUT2D eigenvalue weighted by atomic mass is 35.5. The molecule has 3 heterocycles. The van der Waals surface area contributed by atoms with Crippen molar-refractivity contribution in [2.45, 2.75) is 12.8 Å². The number of nitroso groups, excluding NO2 is 1. The van der Waals surface area contributed by atoms with Crippen molar-refractivity contribution in [3.63, 3.8) is 0 Å². The van der Waals surface area contributed by atoms with E-state index in [1.54, 1.807) is 35.2 Å². The van der Waals surface area contributed by atoms with Crippen molar-refractivity contribution >= 4 is 17.3 Å². The van der Waals surface area contributed by atoms with Gasteiger partial charge < -0.3 is 8.98 Å². The fourth-order valence-corrected chi connectivity index (χ4v) is 4.24. The zero-order valence-electron chi connectivity index (χ0n) is 17.7. The van der Waals surface area contributed by atoms with E-state index in [0.717, 1.165) is 11.3 Å². The molecule has 0 saturated heterocycles. The van der Waals surface area contributed by atoms with Crippen LogP contribution in [-0.4, -0.2) is 14.1 Å². The van der Waals surface area contributed by atoms with Crippen LogP contribution in [0.5, 0.6) is 0 Å². The zero-order chi connectivity index (χ0) is 22.9. The fraction of sp³-hybridized carbons (Fsp3) is 0.120. The summed E-state index contributed by atoms with van der Waals surface area (Å²) >= 11 is 6.23. The summed E-state index contributed by atoms with van der Waals surface area (Å²) in [7, 11) is 1.91. The summed E-state index contributed by atoms with van der Waals surface area (Å²) < 4.78 is 8.96. The van der Waals surface area contributed by atoms with Crippen molar-refractivity contribution in [2.75, 3.05) is 0 Å². The van der Waals surface area contributed by atoms with E-state index in [2.05, 4.69) is 5.18 Å². The number of rotatable bonds is 6. The van der Waals surface area contributed by atoms with E-state index in [1.165, 1.54) is 6.07 Å². The molecule has 0 spiro atoms. The van der Waals surface area contributed by atoms with Gasteiger partial charge in [-0.3, -0.25) is 9.36 Å². The fourth-order valence-electron chi connectivity index (χ4n) is 4.02. The Morgan fingerprint density at radius 3 is 2.61 bits per heavy atom. The Hall–Kier alpha value is -3.97. The molecule has 33 heavy (non-hydrogen) atoms. The van der Waals surface area contributed by atoms with Crippen molar-refractivity contribution in [2.24, 2.45) is 12.2 Å². The van der Waals surface area contributed by atoms with Crippen LogP contribution in [-0.2, 0) is 19.9 Å². The minimum absolute atomic E-state index is 0.215. The minimum Gasteiger partial charge on any atom is -0.469 e. The molecule has 2 aliphatic rings. The summed E-state index contributed by atoms with van der Waals surface area (Å²) in [6.07, 6.45) is 4.16. The summed E-state index contributed by atoms with van der Waals surface area (Å²) in [4.78, 5) is 29.2. The first kappa shape index (κ1) is 20.9.